The van der Waals surface area contributed by atoms with Crippen molar-refractivity contribution in [1.29, 1.82) is 0 Å². The molecule has 2 amide bonds. The van der Waals surface area contributed by atoms with E-state index in [0.717, 1.165) is 15.6 Å². The molecule has 0 aliphatic carbocycles. The van der Waals surface area contributed by atoms with Gasteiger partial charge in [0.2, 0.25) is 5.91 Å². The first-order valence-corrected chi connectivity index (χ1v) is 9.08. The zero-order valence-electron chi connectivity index (χ0n) is 13.7. The summed E-state index contributed by atoms with van der Waals surface area (Å²) in [6.07, 6.45) is 0. The van der Waals surface area contributed by atoms with Crippen molar-refractivity contribution in [3.05, 3.63) is 50.1 Å². The van der Waals surface area contributed by atoms with Gasteiger partial charge < -0.3 is 15.4 Å². The SMILES string of the molecule is Cc1cc(Br)ccc1NC(=O)CNC(=O)COC(=O)c1sccc1C. The summed E-state index contributed by atoms with van der Waals surface area (Å²) in [4.78, 5) is 35.8. The van der Waals surface area contributed by atoms with Crippen LogP contribution in [0.2, 0.25) is 0 Å². The maximum absolute atomic E-state index is 11.9. The monoisotopic (exact) mass is 424 g/mol. The molecular weight excluding hydrogens is 408 g/mol. The summed E-state index contributed by atoms with van der Waals surface area (Å²) in [5.74, 6) is -1.44. The molecule has 0 saturated carbocycles. The number of carbonyl (C=O) groups is 3. The number of esters is 1. The van der Waals surface area contributed by atoms with Crippen molar-refractivity contribution in [1.82, 2.24) is 5.32 Å². The van der Waals surface area contributed by atoms with Gasteiger partial charge in [0.25, 0.3) is 5.91 Å². The highest BCUT2D eigenvalue weighted by molar-refractivity contribution is 9.10. The molecule has 0 bridgehead atoms. The smallest absolute Gasteiger partial charge is 0.349 e. The molecule has 0 aliphatic rings. The van der Waals surface area contributed by atoms with Crippen molar-refractivity contribution < 1.29 is 19.1 Å². The fourth-order valence-electron chi connectivity index (χ4n) is 1.97. The molecule has 2 N–H and O–H groups in total. The molecule has 25 heavy (non-hydrogen) atoms. The number of rotatable bonds is 6. The predicted octanol–water partition coefficient (Wildman–Crippen LogP) is 3.04. The van der Waals surface area contributed by atoms with Crippen LogP contribution in [0.25, 0.3) is 0 Å². The fraction of sp³-hybridized carbons (Fsp3) is 0.235. The Morgan fingerprint density at radius 1 is 1.12 bits per heavy atom. The predicted molar refractivity (Wildman–Crippen MR) is 99.9 cm³/mol. The van der Waals surface area contributed by atoms with E-state index in [-0.39, 0.29) is 12.5 Å². The molecule has 0 spiro atoms. The molecule has 1 aromatic heterocycles. The minimum Gasteiger partial charge on any atom is -0.451 e. The normalized spacial score (nSPS) is 10.2. The highest BCUT2D eigenvalue weighted by atomic mass is 79.9. The first-order valence-electron chi connectivity index (χ1n) is 7.40. The van der Waals surface area contributed by atoms with Gasteiger partial charge in [-0.3, -0.25) is 9.59 Å². The van der Waals surface area contributed by atoms with Gasteiger partial charge in [0, 0.05) is 10.2 Å². The highest BCUT2D eigenvalue weighted by Gasteiger charge is 2.14. The Hall–Kier alpha value is -2.19. The first kappa shape index (κ1) is 19.1. The maximum Gasteiger partial charge on any atom is 0.349 e. The van der Waals surface area contributed by atoms with E-state index in [1.54, 1.807) is 24.4 Å². The minimum absolute atomic E-state index is 0.204. The molecule has 6 nitrogen and oxygen atoms in total. The second-order valence-corrected chi connectivity index (χ2v) is 7.12. The number of halogens is 1. The van der Waals surface area contributed by atoms with Crippen LogP contribution < -0.4 is 10.6 Å². The summed E-state index contributed by atoms with van der Waals surface area (Å²) in [5, 5.41) is 6.90. The Balaban J connectivity index is 1.75. The average molecular weight is 425 g/mol. The van der Waals surface area contributed by atoms with Gasteiger partial charge in [-0.05, 0) is 54.6 Å². The Labute approximate surface area is 157 Å². The lowest BCUT2D eigenvalue weighted by molar-refractivity contribution is -0.126. The molecule has 1 heterocycles. The van der Waals surface area contributed by atoms with E-state index in [4.69, 9.17) is 4.74 Å². The molecule has 8 heteroatoms. The van der Waals surface area contributed by atoms with Gasteiger partial charge in [-0.2, -0.15) is 0 Å². The van der Waals surface area contributed by atoms with Crippen molar-refractivity contribution in [2.45, 2.75) is 13.8 Å². The Bertz CT molecular complexity index is 804. The van der Waals surface area contributed by atoms with E-state index in [1.165, 1.54) is 11.3 Å². The van der Waals surface area contributed by atoms with E-state index in [2.05, 4.69) is 26.6 Å². The Kier molecular flexibility index (Phi) is 6.72. The number of thiophene rings is 1. The molecule has 0 aliphatic heterocycles. The van der Waals surface area contributed by atoms with Crippen molar-refractivity contribution >= 4 is 50.7 Å². The molecule has 0 saturated heterocycles. The number of amides is 2. The summed E-state index contributed by atoms with van der Waals surface area (Å²) in [6, 6.07) is 7.26. The van der Waals surface area contributed by atoms with Gasteiger partial charge in [0.1, 0.15) is 4.88 Å². The molecule has 1 aromatic carbocycles. The lowest BCUT2D eigenvalue weighted by Crippen LogP contribution is -2.35. The summed E-state index contributed by atoms with van der Waals surface area (Å²) in [7, 11) is 0. The van der Waals surface area contributed by atoms with Crippen LogP contribution in [0.4, 0.5) is 5.69 Å². The molecule has 0 radical (unpaired) electrons. The van der Waals surface area contributed by atoms with E-state index in [9.17, 15) is 14.4 Å². The fourth-order valence-corrected chi connectivity index (χ4v) is 3.26. The molecule has 2 rings (SSSR count). The highest BCUT2D eigenvalue weighted by Crippen LogP contribution is 2.19. The van der Waals surface area contributed by atoms with Gasteiger partial charge in [-0.25, -0.2) is 4.79 Å². The number of ether oxygens (including phenoxy) is 1. The molecule has 0 fully saturated rings. The number of aryl methyl sites for hydroxylation is 2. The van der Waals surface area contributed by atoms with Crippen LogP contribution in [0.3, 0.4) is 0 Å². The van der Waals surface area contributed by atoms with Crippen LogP contribution in [0.15, 0.2) is 34.1 Å². The van der Waals surface area contributed by atoms with E-state index < -0.39 is 18.5 Å². The van der Waals surface area contributed by atoms with Gasteiger partial charge in [0.15, 0.2) is 6.61 Å². The summed E-state index contributed by atoms with van der Waals surface area (Å²) < 4.78 is 5.85. The summed E-state index contributed by atoms with van der Waals surface area (Å²) >= 11 is 4.61. The van der Waals surface area contributed by atoms with Crippen LogP contribution in [0.1, 0.15) is 20.8 Å². The molecule has 0 atom stereocenters. The zero-order valence-corrected chi connectivity index (χ0v) is 16.1. The van der Waals surface area contributed by atoms with Crippen LogP contribution in [-0.4, -0.2) is 30.9 Å². The van der Waals surface area contributed by atoms with Crippen molar-refractivity contribution in [3.63, 3.8) is 0 Å². The quantitative estimate of drug-likeness (QED) is 0.697. The van der Waals surface area contributed by atoms with E-state index in [1.807, 2.05) is 19.1 Å². The lowest BCUT2D eigenvalue weighted by Gasteiger charge is -2.10. The van der Waals surface area contributed by atoms with Crippen LogP contribution in [0.5, 0.6) is 0 Å². The average Bonchev–Trinajstić information content (AvgIpc) is 2.99. The third-order valence-electron chi connectivity index (χ3n) is 3.29. The van der Waals surface area contributed by atoms with Gasteiger partial charge in [-0.15, -0.1) is 11.3 Å². The molecule has 2 aromatic rings. The summed E-state index contributed by atoms with van der Waals surface area (Å²) in [6.45, 7) is 3.03. The van der Waals surface area contributed by atoms with E-state index >= 15 is 0 Å². The topological polar surface area (TPSA) is 84.5 Å². The molecule has 132 valence electrons. The third-order valence-corrected chi connectivity index (χ3v) is 4.78. The standard InChI is InChI=1S/C17H17BrN2O4S/c1-10-5-6-25-16(10)17(23)24-9-15(22)19-8-14(21)20-13-4-3-12(18)7-11(13)2/h3-7H,8-9H2,1-2H3,(H,19,22)(H,20,21). The van der Waals surface area contributed by atoms with Crippen LogP contribution in [0, 0.1) is 13.8 Å². The number of hydrogen-bond acceptors (Lipinski definition) is 5. The summed E-state index contributed by atoms with van der Waals surface area (Å²) in [5.41, 5.74) is 2.37. The zero-order chi connectivity index (χ0) is 18.4. The second kappa shape index (κ2) is 8.77. The van der Waals surface area contributed by atoms with Gasteiger partial charge in [-0.1, -0.05) is 15.9 Å². The van der Waals surface area contributed by atoms with Crippen molar-refractivity contribution in [2.24, 2.45) is 0 Å². The number of anilines is 1. The molecule has 0 unspecified atom stereocenters. The minimum atomic E-state index is -0.544. The Morgan fingerprint density at radius 3 is 2.52 bits per heavy atom. The maximum atomic E-state index is 11.9. The number of benzene rings is 1. The van der Waals surface area contributed by atoms with Crippen LogP contribution >= 0.6 is 27.3 Å². The van der Waals surface area contributed by atoms with Crippen LogP contribution in [-0.2, 0) is 14.3 Å². The Morgan fingerprint density at radius 2 is 1.88 bits per heavy atom. The van der Waals surface area contributed by atoms with Gasteiger partial charge in [0.05, 0.1) is 6.54 Å². The van der Waals surface area contributed by atoms with Crippen molar-refractivity contribution in [3.8, 4) is 0 Å². The van der Waals surface area contributed by atoms with E-state index in [0.29, 0.717) is 10.6 Å². The largest absolute Gasteiger partial charge is 0.451 e. The first-order chi connectivity index (χ1) is 11.9. The number of carbonyl (C=O) groups excluding carboxylic acids is 3. The third kappa shape index (κ3) is 5.68. The van der Waals surface area contributed by atoms with Gasteiger partial charge >= 0.3 is 5.97 Å². The lowest BCUT2D eigenvalue weighted by atomic mass is 10.2. The van der Waals surface area contributed by atoms with Crippen molar-refractivity contribution in [2.75, 3.05) is 18.5 Å². The number of nitrogens with one attached hydrogen (secondary N) is 2. The number of hydrogen-bond donors (Lipinski definition) is 2. The molecular formula is C17H17BrN2O4S. The second-order valence-electron chi connectivity index (χ2n) is 5.29.